The molecule has 0 aliphatic rings. The number of aryl methyl sites for hydroxylation is 3. The molecule has 2 heteroatoms. The Morgan fingerprint density at radius 1 is 0.587 bits per heavy atom. The normalized spacial score (nSPS) is 12.5. The number of rotatable bonds is 10. The molecule has 0 radical (unpaired) electrons. The molecule has 0 N–H and O–H groups in total. The number of ether oxygens (including phenoxy) is 2. The molecule has 2 nitrogen and oxygen atoms in total. The Balaban J connectivity index is 0. The van der Waals surface area contributed by atoms with Crippen molar-refractivity contribution in [1.29, 1.82) is 0 Å². The number of hydrogen-bond donors (Lipinski definition) is 0. The van der Waals surface area contributed by atoms with E-state index in [4.69, 9.17) is 9.47 Å². The molecule has 0 bridgehead atoms. The third kappa shape index (κ3) is 22.2. The van der Waals surface area contributed by atoms with Crippen molar-refractivity contribution in [3.8, 4) is 0 Å². The molecule has 0 saturated heterocycles. The second kappa shape index (κ2) is 26.6. The van der Waals surface area contributed by atoms with Gasteiger partial charge in [0.2, 0.25) is 0 Å². The Hall–Kier alpha value is -2.42. The van der Waals surface area contributed by atoms with E-state index in [0.717, 1.165) is 13.0 Å². The summed E-state index contributed by atoms with van der Waals surface area (Å²) in [5, 5.41) is 0. The lowest BCUT2D eigenvalue weighted by Gasteiger charge is -2.23. The lowest BCUT2D eigenvalue weighted by atomic mass is 9.82. The van der Waals surface area contributed by atoms with E-state index in [2.05, 4.69) is 170 Å². The third-order valence-electron chi connectivity index (χ3n) is 8.68. The van der Waals surface area contributed by atoms with Crippen molar-refractivity contribution in [3.05, 3.63) is 106 Å². The summed E-state index contributed by atoms with van der Waals surface area (Å²) in [6.45, 7) is 31.5. The van der Waals surface area contributed by atoms with Crippen LogP contribution >= 0.6 is 0 Å². The average Bonchev–Trinajstić information content (AvgIpc) is 3.05. The predicted molar refractivity (Wildman–Crippen MR) is 208 cm³/mol. The van der Waals surface area contributed by atoms with E-state index in [1.165, 1.54) is 52.6 Å². The minimum Gasteiger partial charge on any atom is -0.384 e. The fourth-order valence-electron chi connectivity index (χ4n) is 4.05. The average molecular weight is 635 g/mol. The molecular weight excluding hydrogens is 560 g/mol. The molecule has 3 aromatic carbocycles. The van der Waals surface area contributed by atoms with Gasteiger partial charge in [-0.2, -0.15) is 0 Å². The van der Waals surface area contributed by atoms with Crippen LogP contribution in [0.15, 0.2) is 72.8 Å². The van der Waals surface area contributed by atoms with Gasteiger partial charge in [-0.05, 0) is 93.2 Å². The van der Waals surface area contributed by atoms with Crippen LogP contribution in [-0.2, 0) is 14.9 Å². The van der Waals surface area contributed by atoms with Crippen LogP contribution in [0.25, 0.3) is 0 Å². The summed E-state index contributed by atoms with van der Waals surface area (Å²) in [6.07, 6.45) is 5.18. The summed E-state index contributed by atoms with van der Waals surface area (Å²) in [6, 6.07) is 26.4. The molecule has 0 aromatic heterocycles. The van der Waals surface area contributed by atoms with Crippen LogP contribution < -0.4 is 0 Å². The highest BCUT2D eigenvalue weighted by molar-refractivity contribution is 5.27. The predicted octanol–water partition coefficient (Wildman–Crippen LogP) is 13.4. The quantitative estimate of drug-likeness (QED) is 0.221. The van der Waals surface area contributed by atoms with Gasteiger partial charge in [-0.15, -0.1) is 0 Å². The highest BCUT2D eigenvalue weighted by atomic mass is 16.5. The first-order valence-corrected chi connectivity index (χ1v) is 17.8. The summed E-state index contributed by atoms with van der Waals surface area (Å²) in [4.78, 5) is 0. The molecule has 0 heterocycles. The van der Waals surface area contributed by atoms with Crippen LogP contribution in [0, 0.1) is 26.7 Å². The number of benzene rings is 3. The zero-order valence-corrected chi connectivity index (χ0v) is 33.1. The smallest absolute Gasteiger partial charge is 0.0540 e. The van der Waals surface area contributed by atoms with E-state index < -0.39 is 0 Å². The molecule has 3 aromatic rings. The van der Waals surface area contributed by atoms with Gasteiger partial charge in [-0.25, -0.2) is 0 Å². The van der Waals surface area contributed by atoms with Crippen LogP contribution in [-0.4, -0.2) is 26.9 Å². The van der Waals surface area contributed by atoms with E-state index in [1.54, 1.807) is 14.2 Å². The first kappa shape index (κ1) is 45.7. The third-order valence-corrected chi connectivity index (χ3v) is 8.68. The van der Waals surface area contributed by atoms with Crippen molar-refractivity contribution in [1.82, 2.24) is 0 Å². The Morgan fingerprint density at radius 2 is 1.07 bits per heavy atom. The fourth-order valence-corrected chi connectivity index (χ4v) is 4.05. The molecule has 46 heavy (non-hydrogen) atoms. The maximum absolute atomic E-state index is 4.90. The van der Waals surface area contributed by atoms with E-state index in [-0.39, 0.29) is 0 Å². The monoisotopic (exact) mass is 635 g/mol. The first-order chi connectivity index (χ1) is 21.6. The van der Waals surface area contributed by atoms with Gasteiger partial charge >= 0.3 is 0 Å². The maximum Gasteiger partial charge on any atom is 0.0540 e. The van der Waals surface area contributed by atoms with E-state index >= 15 is 0 Å². The largest absolute Gasteiger partial charge is 0.384 e. The Morgan fingerprint density at radius 3 is 1.39 bits per heavy atom. The topological polar surface area (TPSA) is 18.5 Å². The molecule has 0 fully saturated rings. The summed E-state index contributed by atoms with van der Waals surface area (Å²) >= 11 is 0. The molecule has 0 aliphatic heterocycles. The molecule has 0 aliphatic carbocycles. The van der Waals surface area contributed by atoms with Crippen molar-refractivity contribution in [2.75, 3.05) is 20.8 Å². The molecule has 3 atom stereocenters. The Bertz CT molecular complexity index is 1090. The molecule has 262 valence electrons. The van der Waals surface area contributed by atoms with E-state index in [0.29, 0.717) is 29.3 Å². The van der Waals surface area contributed by atoms with Gasteiger partial charge in [-0.3, -0.25) is 0 Å². The fraction of sp³-hybridized carbons (Fsp3) is 0.591. The summed E-state index contributed by atoms with van der Waals surface area (Å²) in [7, 11) is 3.45. The number of methoxy groups -OCH3 is 2. The maximum atomic E-state index is 4.90. The van der Waals surface area contributed by atoms with Crippen LogP contribution in [0.3, 0.4) is 0 Å². The van der Waals surface area contributed by atoms with Crippen molar-refractivity contribution >= 4 is 0 Å². The first-order valence-electron chi connectivity index (χ1n) is 17.8. The van der Waals surface area contributed by atoms with Gasteiger partial charge in [0.25, 0.3) is 0 Å². The van der Waals surface area contributed by atoms with Gasteiger partial charge in [-0.1, -0.05) is 159 Å². The van der Waals surface area contributed by atoms with Gasteiger partial charge in [0, 0.05) is 20.8 Å². The molecule has 0 spiro atoms. The minimum atomic E-state index is 0.327. The Kier molecular flexibility index (Phi) is 26.5. The summed E-state index contributed by atoms with van der Waals surface area (Å²) in [5.41, 5.74) is 8.74. The highest BCUT2D eigenvalue weighted by Crippen LogP contribution is 2.26. The van der Waals surface area contributed by atoms with Gasteiger partial charge in [0.15, 0.2) is 0 Å². The molecule has 3 unspecified atom stereocenters. The highest BCUT2D eigenvalue weighted by Gasteiger charge is 2.16. The molecular formula is C44H74O2. The molecule has 3 rings (SSSR count). The van der Waals surface area contributed by atoms with Crippen molar-refractivity contribution < 1.29 is 9.47 Å². The zero-order valence-electron chi connectivity index (χ0n) is 33.1. The van der Waals surface area contributed by atoms with Crippen LogP contribution in [0.1, 0.15) is 147 Å². The summed E-state index contributed by atoms with van der Waals surface area (Å²) in [5.74, 6) is 2.08. The van der Waals surface area contributed by atoms with Crippen LogP contribution in [0.5, 0.6) is 0 Å². The second-order valence-corrected chi connectivity index (χ2v) is 13.9. The molecule has 0 saturated carbocycles. The SMILES string of the molecule is CCC(C)(C)c1ccc(C)cc1.CCC(C)OC.CCC(C)c1ccc(C)cc1.CCC(C)c1cccc(C)c1.COCC(C)C. The van der Waals surface area contributed by atoms with Crippen LogP contribution in [0.4, 0.5) is 0 Å². The van der Waals surface area contributed by atoms with Gasteiger partial charge in [0.05, 0.1) is 6.10 Å². The lowest BCUT2D eigenvalue weighted by molar-refractivity contribution is 0.115. The Labute approximate surface area is 287 Å². The van der Waals surface area contributed by atoms with Crippen molar-refractivity contribution in [2.45, 2.75) is 146 Å². The summed E-state index contributed by atoms with van der Waals surface area (Å²) < 4.78 is 9.70. The van der Waals surface area contributed by atoms with Crippen molar-refractivity contribution in [3.63, 3.8) is 0 Å². The number of hydrogen-bond acceptors (Lipinski definition) is 2. The van der Waals surface area contributed by atoms with E-state index in [1.807, 2.05) is 0 Å². The van der Waals surface area contributed by atoms with Gasteiger partial charge in [0.1, 0.15) is 0 Å². The molecule has 0 amide bonds. The van der Waals surface area contributed by atoms with E-state index in [9.17, 15) is 0 Å². The van der Waals surface area contributed by atoms with Gasteiger partial charge < -0.3 is 9.47 Å². The second-order valence-electron chi connectivity index (χ2n) is 13.9. The lowest BCUT2D eigenvalue weighted by Crippen LogP contribution is -2.14. The zero-order chi connectivity index (χ0) is 35.7. The van der Waals surface area contributed by atoms with Crippen molar-refractivity contribution in [2.24, 2.45) is 5.92 Å². The standard InChI is InChI=1S/C12H18.2C11H16.2C5H12O/c1-5-12(3,4)11-8-6-10(2)7-9-11;1-4-10(3)11-7-5-9(2)6-8-11;1-4-10(3)11-7-5-6-9(2)8-11;1-5(2)4-6-3;1-4-5(2)6-3/h6-9H,5H2,1-4H3;2*5-8,10H,4H2,1-3H3;2*5H,4H2,1-3H3. The minimum absolute atomic E-state index is 0.327. The van der Waals surface area contributed by atoms with Crippen LogP contribution in [0.2, 0.25) is 0 Å².